The molecule has 0 fully saturated rings. The molecule has 6 nitrogen and oxygen atoms in total. The molecule has 0 aliphatic carbocycles. The second-order valence-electron chi connectivity index (χ2n) is 4.23. The van der Waals surface area contributed by atoms with Crippen LogP contribution in [-0.4, -0.2) is 22.2 Å². The van der Waals surface area contributed by atoms with Crippen molar-refractivity contribution < 1.29 is 14.3 Å². The summed E-state index contributed by atoms with van der Waals surface area (Å²) in [5.41, 5.74) is 0. The molecule has 2 rings (SSSR count). The molecule has 0 aliphatic heterocycles. The molecule has 0 spiro atoms. The zero-order valence-electron chi connectivity index (χ0n) is 11.2. The topological polar surface area (TPSA) is 73.3 Å². The van der Waals surface area contributed by atoms with Gasteiger partial charge in [0.2, 0.25) is 5.88 Å². The van der Waals surface area contributed by atoms with Crippen molar-refractivity contribution in [1.82, 2.24) is 9.97 Å². The molecule has 1 N–H and O–H groups in total. The van der Waals surface area contributed by atoms with E-state index in [-0.39, 0.29) is 6.10 Å². The first-order chi connectivity index (χ1) is 9.63. The highest BCUT2D eigenvalue weighted by Crippen LogP contribution is 2.11. The number of para-hydroxylation sites is 1. The van der Waals surface area contributed by atoms with Crippen LogP contribution in [0.2, 0.25) is 0 Å². The number of rotatable bonds is 4. The lowest BCUT2D eigenvalue weighted by Gasteiger charge is -2.09. The maximum absolute atomic E-state index is 11.6. The van der Waals surface area contributed by atoms with Crippen LogP contribution >= 0.6 is 0 Å². The van der Waals surface area contributed by atoms with Crippen LogP contribution in [0.1, 0.15) is 13.8 Å². The van der Waals surface area contributed by atoms with E-state index >= 15 is 0 Å². The summed E-state index contributed by atoms with van der Waals surface area (Å²) in [6.45, 7) is 3.79. The third-order valence-electron chi connectivity index (χ3n) is 2.17. The van der Waals surface area contributed by atoms with Gasteiger partial charge in [0, 0.05) is 0 Å². The number of hydrogen-bond acceptors (Lipinski definition) is 5. The van der Waals surface area contributed by atoms with Gasteiger partial charge in [0.05, 0.1) is 18.5 Å². The number of nitrogens with zero attached hydrogens (tertiary/aromatic N) is 2. The largest absolute Gasteiger partial charge is 0.474 e. The van der Waals surface area contributed by atoms with Crippen LogP contribution in [0.15, 0.2) is 42.7 Å². The van der Waals surface area contributed by atoms with Crippen molar-refractivity contribution in [1.29, 1.82) is 0 Å². The smallest absolute Gasteiger partial charge is 0.418 e. The third kappa shape index (κ3) is 4.24. The molecule has 0 radical (unpaired) electrons. The van der Waals surface area contributed by atoms with Gasteiger partial charge in [-0.25, -0.2) is 14.8 Å². The molecule has 0 atom stereocenters. The SMILES string of the molecule is CC(C)Oc1cnc(NC(=O)Oc2ccccc2)cn1. The van der Waals surface area contributed by atoms with Crippen LogP contribution in [0.3, 0.4) is 0 Å². The molecular weight excluding hydrogens is 258 g/mol. The lowest BCUT2D eigenvalue weighted by atomic mass is 10.3. The summed E-state index contributed by atoms with van der Waals surface area (Å²) in [6.07, 6.45) is 2.25. The molecular formula is C14H15N3O3. The van der Waals surface area contributed by atoms with Crippen molar-refractivity contribution in [2.45, 2.75) is 20.0 Å². The van der Waals surface area contributed by atoms with Gasteiger partial charge in [-0.2, -0.15) is 0 Å². The van der Waals surface area contributed by atoms with Gasteiger partial charge < -0.3 is 9.47 Å². The number of carbonyl (C=O) groups is 1. The summed E-state index contributed by atoms with van der Waals surface area (Å²) in [7, 11) is 0. The zero-order chi connectivity index (χ0) is 14.4. The van der Waals surface area contributed by atoms with E-state index in [2.05, 4.69) is 15.3 Å². The number of benzene rings is 1. The minimum Gasteiger partial charge on any atom is -0.474 e. The Kier molecular flexibility index (Phi) is 4.49. The highest BCUT2D eigenvalue weighted by Gasteiger charge is 2.07. The molecule has 6 heteroatoms. The van der Waals surface area contributed by atoms with E-state index in [1.54, 1.807) is 24.3 Å². The Hall–Kier alpha value is -2.63. The van der Waals surface area contributed by atoms with Gasteiger partial charge in [0.15, 0.2) is 5.82 Å². The van der Waals surface area contributed by atoms with Crippen molar-refractivity contribution in [2.75, 3.05) is 5.32 Å². The number of hydrogen-bond donors (Lipinski definition) is 1. The molecule has 0 aliphatic rings. The molecule has 0 unspecified atom stereocenters. The van der Waals surface area contributed by atoms with Gasteiger partial charge in [-0.1, -0.05) is 18.2 Å². The Labute approximate surface area is 116 Å². The summed E-state index contributed by atoms with van der Waals surface area (Å²) >= 11 is 0. The summed E-state index contributed by atoms with van der Waals surface area (Å²) in [5.74, 6) is 1.15. The van der Waals surface area contributed by atoms with Gasteiger partial charge in [0.25, 0.3) is 0 Å². The lowest BCUT2D eigenvalue weighted by molar-refractivity contribution is 0.215. The maximum atomic E-state index is 11.6. The zero-order valence-corrected chi connectivity index (χ0v) is 11.2. The Morgan fingerprint density at radius 2 is 1.90 bits per heavy atom. The first-order valence-corrected chi connectivity index (χ1v) is 6.16. The highest BCUT2D eigenvalue weighted by atomic mass is 16.6. The molecule has 104 valence electrons. The fourth-order valence-corrected chi connectivity index (χ4v) is 1.41. The summed E-state index contributed by atoms with van der Waals surface area (Å²) in [6, 6.07) is 8.76. The van der Waals surface area contributed by atoms with Crippen molar-refractivity contribution >= 4 is 11.9 Å². The first-order valence-electron chi connectivity index (χ1n) is 6.16. The fourth-order valence-electron chi connectivity index (χ4n) is 1.41. The van der Waals surface area contributed by atoms with Crippen LogP contribution in [0.5, 0.6) is 11.6 Å². The number of carbonyl (C=O) groups excluding carboxylic acids is 1. The third-order valence-corrected chi connectivity index (χ3v) is 2.17. The van der Waals surface area contributed by atoms with Crippen LogP contribution in [0.4, 0.5) is 10.6 Å². The quantitative estimate of drug-likeness (QED) is 0.927. The van der Waals surface area contributed by atoms with Crippen molar-refractivity contribution in [2.24, 2.45) is 0 Å². The van der Waals surface area contributed by atoms with Crippen molar-refractivity contribution in [3.05, 3.63) is 42.7 Å². The van der Waals surface area contributed by atoms with E-state index < -0.39 is 6.09 Å². The van der Waals surface area contributed by atoms with Crippen molar-refractivity contribution in [3.63, 3.8) is 0 Å². The Bertz CT molecular complexity index is 556. The Morgan fingerprint density at radius 3 is 2.50 bits per heavy atom. The van der Waals surface area contributed by atoms with E-state index in [0.717, 1.165) is 0 Å². The molecule has 0 saturated heterocycles. The summed E-state index contributed by atoms with van der Waals surface area (Å²) < 4.78 is 10.4. The minimum atomic E-state index is -0.622. The van der Waals surface area contributed by atoms with Crippen LogP contribution in [-0.2, 0) is 0 Å². The second kappa shape index (κ2) is 6.51. The molecule has 1 heterocycles. The van der Waals surface area contributed by atoms with Crippen LogP contribution in [0.25, 0.3) is 0 Å². The van der Waals surface area contributed by atoms with Gasteiger partial charge >= 0.3 is 6.09 Å². The van der Waals surface area contributed by atoms with E-state index in [0.29, 0.717) is 17.4 Å². The predicted octanol–water partition coefficient (Wildman–Crippen LogP) is 2.87. The Balaban J connectivity index is 1.91. The molecule has 0 saturated carbocycles. The van der Waals surface area contributed by atoms with E-state index in [4.69, 9.17) is 9.47 Å². The number of amides is 1. The fraction of sp³-hybridized carbons (Fsp3) is 0.214. The molecule has 1 aromatic carbocycles. The van der Waals surface area contributed by atoms with Crippen molar-refractivity contribution in [3.8, 4) is 11.6 Å². The maximum Gasteiger partial charge on any atom is 0.418 e. The van der Waals surface area contributed by atoms with Crippen LogP contribution < -0.4 is 14.8 Å². The van der Waals surface area contributed by atoms with Gasteiger partial charge in [-0.3, -0.25) is 5.32 Å². The summed E-state index contributed by atoms with van der Waals surface area (Å²) in [4.78, 5) is 19.7. The van der Waals surface area contributed by atoms with E-state index in [9.17, 15) is 4.79 Å². The van der Waals surface area contributed by atoms with E-state index in [1.807, 2.05) is 19.9 Å². The summed E-state index contributed by atoms with van der Waals surface area (Å²) in [5, 5.41) is 2.48. The molecule has 1 aromatic heterocycles. The minimum absolute atomic E-state index is 0.0196. The second-order valence-corrected chi connectivity index (χ2v) is 4.23. The average molecular weight is 273 g/mol. The highest BCUT2D eigenvalue weighted by molar-refractivity contribution is 5.84. The standard InChI is InChI=1S/C14H15N3O3/c1-10(2)19-13-9-15-12(8-16-13)17-14(18)20-11-6-4-3-5-7-11/h3-10H,1-2H3,(H,15,17,18). The number of ether oxygens (including phenoxy) is 2. The molecule has 20 heavy (non-hydrogen) atoms. The van der Waals surface area contributed by atoms with E-state index in [1.165, 1.54) is 12.4 Å². The lowest BCUT2D eigenvalue weighted by Crippen LogP contribution is -2.17. The average Bonchev–Trinajstić information content (AvgIpc) is 2.41. The Morgan fingerprint density at radius 1 is 1.15 bits per heavy atom. The predicted molar refractivity (Wildman–Crippen MR) is 73.9 cm³/mol. The van der Waals surface area contributed by atoms with Gasteiger partial charge in [0.1, 0.15) is 5.75 Å². The number of nitrogens with one attached hydrogen (secondary N) is 1. The number of aromatic nitrogens is 2. The molecule has 0 bridgehead atoms. The molecule has 1 amide bonds. The van der Waals surface area contributed by atoms with Crippen LogP contribution in [0, 0.1) is 0 Å². The van der Waals surface area contributed by atoms with Gasteiger partial charge in [-0.15, -0.1) is 0 Å². The number of anilines is 1. The first kappa shape index (κ1) is 13.8. The monoisotopic (exact) mass is 273 g/mol. The normalized spacial score (nSPS) is 10.2. The molecule has 2 aromatic rings. The van der Waals surface area contributed by atoms with Gasteiger partial charge in [-0.05, 0) is 26.0 Å².